The van der Waals surface area contributed by atoms with Crippen molar-refractivity contribution in [3.8, 4) is 0 Å². The van der Waals surface area contributed by atoms with Crippen LogP contribution in [-0.2, 0) is 0 Å². The number of nitrogens with zero attached hydrogens (tertiary/aromatic N) is 1. The topological polar surface area (TPSA) is 23.5 Å². The van der Waals surface area contributed by atoms with E-state index in [2.05, 4.69) is 11.9 Å². The summed E-state index contributed by atoms with van der Waals surface area (Å²) < 4.78 is 12.8. The molecule has 1 fully saturated rings. The van der Waals surface area contributed by atoms with Crippen molar-refractivity contribution in [1.29, 1.82) is 0 Å². The molecule has 1 heterocycles. The zero-order chi connectivity index (χ0) is 9.84. The largest absolute Gasteiger partial charge is 0.396 e. The van der Waals surface area contributed by atoms with Crippen LogP contribution in [0.1, 0.15) is 19.8 Å². The van der Waals surface area contributed by atoms with Gasteiger partial charge in [-0.15, -0.1) is 0 Å². The molecule has 1 N–H and O–H groups in total. The molecule has 0 spiro atoms. The summed E-state index contributed by atoms with van der Waals surface area (Å²) in [5, 5.41) is 9.14. The molecule has 0 radical (unpaired) electrons. The number of aliphatic hydroxyl groups excluding tert-OH is 1. The Kier molecular flexibility index (Phi) is 4.13. The van der Waals surface area contributed by atoms with Crippen LogP contribution in [0, 0.1) is 11.8 Å². The van der Waals surface area contributed by atoms with Crippen molar-refractivity contribution in [2.24, 2.45) is 11.8 Å². The van der Waals surface area contributed by atoms with Crippen molar-refractivity contribution in [3.05, 3.63) is 0 Å². The van der Waals surface area contributed by atoms with Crippen LogP contribution < -0.4 is 0 Å². The van der Waals surface area contributed by atoms with Crippen LogP contribution in [0.25, 0.3) is 0 Å². The van der Waals surface area contributed by atoms with Gasteiger partial charge in [-0.2, -0.15) is 0 Å². The number of aliphatic hydroxyl groups is 1. The zero-order valence-electron chi connectivity index (χ0n) is 8.54. The number of rotatable bonds is 3. The molecular formula is C10H20FNO. The van der Waals surface area contributed by atoms with Gasteiger partial charge in [-0.3, -0.25) is 0 Å². The van der Waals surface area contributed by atoms with Crippen LogP contribution in [-0.4, -0.2) is 42.9 Å². The summed E-state index contributed by atoms with van der Waals surface area (Å²) in [6, 6.07) is 0. The Morgan fingerprint density at radius 2 is 2.23 bits per heavy atom. The molecule has 3 atom stereocenters. The number of piperidine rings is 1. The van der Waals surface area contributed by atoms with E-state index in [9.17, 15) is 4.39 Å². The maximum Gasteiger partial charge on any atom is 0.0976 e. The highest BCUT2D eigenvalue weighted by molar-refractivity contribution is 4.79. The maximum absolute atomic E-state index is 12.8. The van der Waals surface area contributed by atoms with Gasteiger partial charge in [0.25, 0.3) is 0 Å². The summed E-state index contributed by atoms with van der Waals surface area (Å²) in [6.07, 6.45) is 0.900. The van der Waals surface area contributed by atoms with Crippen LogP contribution in [0.5, 0.6) is 0 Å². The van der Waals surface area contributed by atoms with Gasteiger partial charge in [0, 0.05) is 13.2 Å². The van der Waals surface area contributed by atoms with Gasteiger partial charge >= 0.3 is 0 Å². The number of alkyl halides is 1. The molecule has 0 aromatic heterocycles. The third-order valence-electron chi connectivity index (χ3n) is 2.96. The van der Waals surface area contributed by atoms with E-state index < -0.39 is 6.17 Å². The summed E-state index contributed by atoms with van der Waals surface area (Å²) in [4.78, 5) is 2.21. The van der Waals surface area contributed by atoms with Crippen molar-refractivity contribution >= 4 is 0 Å². The minimum Gasteiger partial charge on any atom is -0.396 e. The highest BCUT2D eigenvalue weighted by Gasteiger charge is 2.28. The zero-order valence-corrected chi connectivity index (χ0v) is 8.54. The fourth-order valence-electron chi connectivity index (χ4n) is 2.20. The molecule has 13 heavy (non-hydrogen) atoms. The number of hydrogen-bond donors (Lipinski definition) is 1. The maximum atomic E-state index is 12.8. The Labute approximate surface area is 79.7 Å². The Hall–Kier alpha value is -0.150. The van der Waals surface area contributed by atoms with Crippen LogP contribution >= 0.6 is 0 Å². The predicted molar refractivity (Wildman–Crippen MR) is 51.4 cm³/mol. The van der Waals surface area contributed by atoms with Gasteiger partial charge in [-0.05, 0) is 45.2 Å². The van der Waals surface area contributed by atoms with Crippen molar-refractivity contribution in [2.75, 3.05) is 26.7 Å². The summed E-state index contributed by atoms with van der Waals surface area (Å²) in [5.41, 5.74) is 0. The Bertz CT molecular complexity index is 152. The summed E-state index contributed by atoms with van der Waals surface area (Å²) in [5.74, 6) is 0.651. The molecule has 2 nitrogen and oxygen atoms in total. The molecule has 0 amide bonds. The van der Waals surface area contributed by atoms with Gasteiger partial charge in [-0.1, -0.05) is 0 Å². The first-order chi connectivity index (χ1) is 6.13. The monoisotopic (exact) mass is 189 g/mol. The average Bonchev–Trinajstić information content (AvgIpc) is 2.07. The predicted octanol–water partition coefficient (Wildman–Crippen LogP) is 1.29. The lowest BCUT2D eigenvalue weighted by Gasteiger charge is -2.36. The van der Waals surface area contributed by atoms with Gasteiger partial charge in [0.15, 0.2) is 0 Å². The standard InChI is InChI=1S/C10H20FNO/c1-8(11)5-9-3-4-12(2)6-10(9)7-13/h8-10,13H,3-7H2,1-2H3. The van der Waals surface area contributed by atoms with Crippen LogP contribution in [0.15, 0.2) is 0 Å². The summed E-state index contributed by atoms with van der Waals surface area (Å²) >= 11 is 0. The lowest BCUT2D eigenvalue weighted by molar-refractivity contribution is 0.0701. The molecule has 3 unspecified atom stereocenters. The lowest BCUT2D eigenvalue weighted by Crippen LogP contribution is -2.40. The van der Waals surface area contributed by atoms with Gasteiger partial charge in [-0.25, -0.2) is 4.39 Å². The van der Waals surface area contributed by atoms with Gasteiger partial charge in [0.05, 0.1) is 6.17 Å². The smallest absolute Gasteiger partial charge is 0.0976 e. The average molecular weight is 189 g/mol. The second kappa shape index (κ2) is 4.91. The highest BCUT2D eigenvalue weighted by atomic mass is 19.1. The molecule has 0 saturated carbocycles. The Balaban J connectivity index is 2.42. The van der Waals surface area contributed by atoms with Gasteiger partial charge in [0.1, 0.15) is 0 Å². The molecule has 0 aromatic rings. The molecular weight excluding hydrogens is 169 g/mol. The van der Waals surface area contributed by atoms with Crippen molar-refractivity contribution < 1.29 is 9.50 Å². The molecule has 1 aliphatic rings. The highest BCUT2D eigenvalue weighted by Crippen LogP contribution is 2.27. The molecule has 0 bridgehead atoms. The Morgan fingerprint density at radius 3 is 2.77 bits per heavy atom. The van der Waals surface area contributed by atoms with E-state index in [0.29, 0.717) is 12.3 Å². The minimum atomic E-state index is -0.734. The van der Waals surface area contributed by atoms with E-state index in [1.165, 1.54) is 0 Å². The fourth-order valence-corrected chi connectivity index (χ4v) is 2.20. The number of hydrogen-bond acceptors (Lipinski definition) is 2. The third-order valence-corrected chi connectivity index (χ3v) is 2.96. The van der Waals surface area contributed by atoms with Crippen LogP contribution in [0.4, 0.5) is 4.39 Å². The normalized spacial score (nSPS) is 33.2. The molecule has 78 valence electrons. The molecule has 0 aliphatic carbocycles. The van der Waals surface area contributed by atoms with Crippen LogP contribution in [0.2, 0.25) is 0 Å². The number of likely N-dealkylation sites (tertiary alicyclic amines) is 1. The van der Waals surface area contributed by atoms with Crippen molar-refractivity contribution in [3.63, 3.8) is 0 Å². The van der Waals surface area contributed by atoms with Crippen LogP contribution in [0.3, 0.4) is 0 Å². The minimum absolute atomic E-state index is 0.196. The second-order valence-corrected chi connectivity index (χ2v) is 4.27. The van der Waals surface area contributed by atoms with Gasteiger partial charge in [0.2, 0.25) is 0 Å². The summed E-state index contributed by atoms with van der Waals surface area (Å²) in [7, 11) is 2.05. The van der Waals surface area contributed by atoms with E-state index in [1.54, 1.807) is 6.92 Å². The third kappa shape index (κ3) is 3.24. The molecule has 1 saturated heterocycles. The number of halogens is 1. The van der Waals surface area contributed by atoms with Crippen molar-refractivity contribution in [2.45, 2.75) is 25.9 Å². The first-order valence-corrected chi connectivity index (χ1v) is 5.07. The molecule has 0 aromatic carbocycles. The first kappa shape index (κ1) is 10.9. The first-order valence-electron chi connectivity index (χ1n) is 5.07. The van der Waals surface area contributed by atoms with Crippen molar-refractivity contribution in [1.82, 2.24) is 4.90 Å². The fraction of sp³-hybridized carbons (Fsp3) is 1.00. The lowest BCUT2D eigenvalue weighted by atomic mass is 9.83. The van der Waals surface area contributed by atoms with E-state index in [0.717, 1.165) is 19.5 Å². The Morgan fingerprint density at radius 1 is 1.54 bits per heavy atom. The molecule has 3 heteroatoms. The van der Waals surface area contributed by atoms with Gasteiger partial charge < -0.3 is 10.0 Å². The SMILES string of the molecule is CC(F)CC1CCN(C)CC1CO. The summed E-state index contributed by atoms with van der Waals surface area (Å²) in [6.45, 7) is 3.75. The van der Waals surface area contributed by atoms with E-state index in [1.807, 2.05) is 0 Å². The quantitative estimate of drug-likeness (QED) is 0.723. The van der Waals surface area contributed by atoms with E-state index in [4.69, 9.17) is 5.11 Å². The molecule has 1 rings (SSSR count). The van der Waals surface area contributed by atoms with E-state index >= 15 is 0 Å². The molecule has 1 aliphatic heterocycles. The van der Waals surface area contributed by atoms with E-state index in [-0.39, 0.29) is 12.5 Å². The second-order valence-electron chi connectivity index (χ2n) is 4.27.